The van der Waals surface area contributed by atoms with E-state index in [1.807, 2.05) is 0 Å². The van der Waals surface area contributed by atoms with E-state index in [2.05, 4.69) is 4.74 Å². The Hall–Kier alpha value is -0.460. The molecule has 7 heteroatoms. The zero-order valence-corrected chi connectivity index (χ0v) is 10.1. The lowest BCUT2D eigenvalue weighted by Crippen LogP contribution is -2.61. The Bertz CT molecular complexity index is 233. The second-order valence-corrected chi connectivity index (χ2v) is 4.79. The molecule has 0 amide bonds. The first-order valence-electron chi connectivity index (χ1n) is 5.10. The molecule has 104 valence electrons. The molecule has 0 aliphatic carbocycles. The molecule has 0 aliphatic rings. The van der Waals surface area contributed by atoms with Crippen LogP contribution >= 0.6 is 0 Å². The summed E-state index contributed by atoms with van der Waals surface area (Å²) in [7, 11) is 0. The maximum atomic E-state index is 12.7. The SMILES string of the molecule is CCCC(OC(C)(C)C)(C(F)(F)F)C(F)(F)F. The summed E-state index contributed by atoms with van der Waals surface area (Å²) in [4.78, 5) is 0. The molecule has 0 heterocycles. The summed E-state index contributed by atoms with van der Waals surface area (Å²) in [6, 6.07) is 0. The molecular weight excluding hydrogens is 250 g/mol. The lowest BCUT2D eigenvalue weighted by molar-refractivity contribution is -0.400. The van der Waals surface area contributed by atoms with Crippen LogP contribution in [0.5, 0.6) is 0 Å². The Labute approximate surface area is 96.1 Å². The second kappa shape index (κ2) is 4.66. The molecule has 0 aliphatic heterocycles. The molecule has 0 bridgehead atoms. The van der Waals surface area contributed by atoms with Gasteiger partial charge in [0.05, 0.1) is 5.60 Å². The first-order valence-corrected chi connectivity index (χ1v) is 5.10. The van der Waals surface area contributed by atoms with Gasteiger partial charge in [-0.2, -0.15) is 26.3 Å². The molecular formula is C10H16F6O. The van der Waals surface area contributed by atoms with Crippen molar-refractivity contribution in [1.29, 1.82) is 0 Å². The highest BCUT2D eigenvalue weighted by atomic mass is 19.4. The summed E-state index contributed by atoms with van der Waals surface area (Å²) in [5, 5.41) is 0. The molecule has 0 radical (unpaired) electrons. The van der Waals surface area contributed by atoms with Crippen molar-refractivity contribution in [2.75, 3.05) is 0 Å². The molecule has 0 atom stereocenters. The highest BCUT2D eigenvalue weighted by Crippen LogP contribution is 2.50. The van der Waals surface area contributed by atoms with Crippen LogP contribution in [0, 0.1) is 0 Å². The van der Waals surface area contributed by atoms with Crippen molar-refractivity contribution in [3.05, 3.63) is 0 Å². The first-order chi connectivity index (χ1) is 7.27. The molecule has 0 spiro atoms. The van der Waals surface area contributed by atoms with E-state index < -0.39 is 30.0 Å². The summed E-state index contributed by atoms with van der Waals surface area (Å²) in [6.07, 6.45) is -12.4. The molecule has 0 saturated carbocycles. The predicted molar refractivity (Wildman–Crippen MR) is 50.6 cm³/mol. The Morgan fingerprint density at radius 3 is 1.35 bits per heavy atom. The quantitative estimate of drug-likeness (QED) is 0.685. The van der Waals surface area contributed by atoms with Gasteiger partial charge in [0.2, 0.25) is 0 Å². The van der Waals surface area contributed by atoms with E-state index in [1.54, 1.807) is 0 Å². The fourth-order valence-electron chi connectivity index (χ4n) is 1.49. The first kappa shape index (κ1) is 16.5. The number of rotatable bonds is 3. The van der Waals surface area contributed by atoms with Gasteiger partial charge in [0.25, 0.3) is 5.60 Å². The third kappa shape index (κ3) is 3.76. The summed E-state index contributed by atoms with van der Waals surface area (Å²) in [6.45, 7) is 4.73. The lowest BCUT2D eigenvalue weighted by Gasteiger charge is -2.41. The smallest absolute Gasteiger partial charge is 0.352 e. The monoisotopic (exact) mass is 266 g/mol. The van der Waals surface area contributed by atoms with E-state index in [4.69, 9.17) is 0 Å². The summed E-state index contributed by atoms with van der Waals surface area (Å²) in [5.74, 6) is 0. The van der Waals surface area contributed by atoms with Crippen LogP contribution in [-0.4, -0.2) is 23.6 Å². The van der Waals surface area contributed by atoms with Crippen LogP contribution in [0.15, 0.2) is 0 Å². The van der Waals surface area contributed by atoms with Gasteiger partial charge in [-0.3, -0.25) is 0 Å². The number of hydrogen-bond acceptors (Lipinski definition) is 1. The van der Waals surface area contributed by atoms with Gasteiger partial charge < -0.3 is 4.74 Å². The molecule has 17 heavy (non-hydrogen) atoms. The maximum absolute atomic E-state index is 12.7. The van der Waals surface area contributed by atoms with Crippen LogP contribution in [-0.2, 0) is 4.74 Å². The number of ether oxygens (including phenoxy) is 1. The molecule has 0 unspecified atom stereocenters. The van der Waals surface area contributed by atoms with Gasteiger partial charge in [0.1, 0.15) is 0 Å². The third-order valence-corrected chi connectivity index (χ3v) is 2.00. The van der Waals surface area contributed by atoms with Crippen LogP contribution in [0.2, 0.25) is 0 Å². The predicted octanol–water partition coefficient (Wildman–Crippen LogP) is 4.47. The van der Waals surface area contributed by atoms with Crippen molar-refractivity contribution >= 4 is 0 Å². The highest BCUT2D eigenvalue weighted by Gasteiger charge is 2.72. The summed E-state index contributed by atoms with van der Waals surface area (Å²) >= 11 is 0. The van der Waals surface area contributed by atoms with Crippen LogP contribution in [0.1, 0.15) is 40.5 Å². The van der Waals surface area contributed by atoms with Gasteiger partial charge in [0, 0.05) is 0 Å². The average Bonchev–Trinajstić information content (AvgIpc) is 1.96. The van der Waals surface area contributed by atoms with E-state index in [0.29, 0.717) is 0 Å². The third-order valence-electron chi connectivity index (χ3n) is 2.00. The Morgan fingerprint density at radius 1 is 0.824 bits per heavy atom. The maximum Gasteiger partial charge on any atom is 0.426 e. The minimum Gasteiger partial charge on any atom is -0.352 e. The molecule has 0 saturated heterocycles. The van der Waals surface area contributed by atoms with Crippen molar-refractivity contribution < 1.29 is 31.1 Å². The largest absolute Gasteiger partial charge is 0.426 e. The van der Waals surface area contributed by atoms with Crippen LogP contribution in [0.25, 0.3) is 0 Å². The average molecular weight is 266 g/mol. The van der Waals surface area contributed by atoms with E-state index >= 15 is 0 Å². The van der Waals surface area contributed by atoms with Crippen molar-refractivity contribution in [1.82, 2.24) is 0 Å². The molecule has 0 aromatic rings. The van der Waals surface area contributed by atoms with E-state index in [1.165, 1.54) is 6.92 Å². The summed E-state index contributed by atoms with van der Waals surface area (Å²) in [5.41, 5.74) is -5.63. The molecule has 1 nitrogen and oxygen atoms in total. The minimum atomic E-state index is -5.49. The highest BCUT2D eigenvalue weighted by molar-refractivity contribution is 4.97. The molecule has 0 fully saturated rings. The van der Waals surface area contributed by atoms with Gasteiger partial charge in [-0.05, 0) is 27.2 Å². The second-order valence-electron chi connectivity index (χ2n) is 4.79. The normalized spacial score (nSPS) is 15.2. The van der Waals surface area contributed by atoms with Crippen LogP contribution < -0.4 is 0 Å². The van der Waals surface area contributed by atoms with E-state index in [0.717, 1.165) is 20.8 Å². The number of hydrogen-bond donors (Lipinski definition) is 0. The zero-order chi connectivity index (χ0) is 14.1. The molecule has 0 N–H and O–H groups in total. The van der Waals surface area contributed by atoms with E-state index in [9.17, 15) is 26.3 Å². The van der Waals surface area contributed by atoms with Crippen molar-refractivity contribution in [2.24, 2.45) is 0 Å². The van der Waals surface area contributed by atoms with Gasteiger partial charge in [-0.15, -0.1) is 0 Å². The van der Waals surface area contributed by atoms with Crippen molar-refractivity contribution in [3.63, 3.8) is 0 Å². The van der Waals surface area contributed by atoms with Crippen LogP contribution in [0.4, 0.5) is 26.3 Å². The fourth-order valence-corrected chi connectivity index (χ4v) is 1.49. The topological polar surface area (TPSA) is 9.23 Å². The number of alkyl halides is 6. The zero-order valence-electron chi connectivity index (χ0n) is 10.1. The number of halogens is 6. The lowest BCUT2D eigenvalue weighted by atomic mass is 9.94. The van der Waals surface area contributed by atoms with Crippen molar-refractivity contribution in [3.8, 4) is 0 Å². The van der Waals surface area contributed by atoms with Gasteiger partial charge in [-0.1, -0.05) is 13.3 Å². The Balaban J connectivity index is 5.59. The van der Waals surface area contributed by atoms with E-state index in [-0.39, 0.29) is 6.42 Å². The van der Waals surface area contributed by atoms with Gasteiger partial charge in [0.15, 0.2) is 0 Å². The van der Waals surface area contributed by atoms with Gasteiger partial charge in [-0.25, -0.2) is 0 Å². The summed E-state index contributed by atoms with van der Waals surface area (Å²) < 4.78 is 80.8. The minimum absolute atomic E-state index is 0.283. The fraction of sp³-hybridized carbons (Fsp3) is 1.00. The molecule has 0 rings (SSSR count). The molecule has 0 aromatic heterocycles. The van der Waals surface area contributed by atoms with Crippen LogP contribution in [0.3, 0.4) is 0 Å². The van der Waals surface area contributed by atoms with Gasteiger partial charge >= 0.3 is 12.4 Å². The standard InChI is InChI=1S/C10H16F6O/c1-5-6-8(9(11,12)13,10(14,15)16)17-7(2,3)4/h5-6H2,1-4H3. The van der Waals surface area contributed by atoms with Crippen molar-refractivity contribution in [2.45, 2.75) is 64.1 Å². The molecule has 0 aromatic carbocycles. The Kier molecular flexibility index (Phi) is 4.54. The Morgan fingerprint density at radius 2 is 1.18 bits per heavy atom.